The minimum absolute atomic E-state index is 0.145. The Morgan fingerprint density at radius 2 is 1.25 bits per heavy atom. The third-order valence-electron chi connectivity index (χ3n) is 6.25. The highest BCUT2D eigenvalue weighted by molar-refractivity contribution is 5.46. The SMILES string of the molecule is COc1ccc(CCNCC(O)COc2ccc(OCc3ccccc3)c(OCc3ccccc3)c2)cc1OC. The third-order valence-corrected chi connectivity index (χ3v) is 6.25. The van der Waals surface area contributed by atoms with Crippen LogP contribution in [0.3, 0.4) is 0 Å². The van der Waals surface area contributed by atoms with Gasteiger partial charge in [-0.25, -0.2) is 0 Å². The molecule has 0 bridgehead atoms. The van der Waals surface area contributed by atoms with Gasteiger partial charge in [0.15, 0.2) is 23.0 Å². The fourth-order valence-corrected chi connectivity index (χ4v) is 4.07. The van der Waals surface area contributed by atoms with Crippen molar-refractivity contribution in [2.24, 2.45) is 0 Å². The molecule has 0 aromatic heterocycles. The largest absolute Gasteiger partial charge is 0.493 e. The second-order valence-electron chi connectivity index (χ2n) is 9.27. The summed E-state index contributed by atoms with van der Waals surface area (Å²) < 4.78 is 28.7. The lowest BCUT2D eigenvalue weighted by Crippen LogP contribution is -2.32. The molecule has 0 aliphatic rings. The summed E-state index contributed by atoms with van der Waals surface area (Å²) in [7, 11) is 3.25. The molecule has 1 atom stereocenters. The van der Waals surface area contributed by atoms with Crippen LogP contribution < -0.4 is 29.0 Å². The van der Waals surface area contributed by atoms with Gasteiger partial charge in [0, 0.05) is 12.6 Å². The van der Waals surface area contributed by atoms with Crippen molar-refractivity contribution in [1.82, 2.24) is 5.32 Å². The second-order valence-corrected chi connectivity index (χ2v) is 9.27. The van der Waals surface area contributed by atoms with Crippen LogP contribution in [-0.4, -0.2) is 45.1 Å². The number of hydrogen-bond donors (Lipinski definition) is 2. The Hall–Kier alpha value is -4.20. The fraction of sp³-hybridized carbons (Fsp3) is 0.273. The van der Waals surface area contributed by atoms with E-state index in [-0.39, 0.29) is 6.61 Å². The number of benzene rings is 4. The highest BCUT2D eigenvalue weighted by atomic mass is 16.5. The van der Waals surface area contributed by atoms with E-state index in [9.17, 15) is 5.11 Å². The maximum Gasteiger partial charge on any atom is 0.165 e. The van der Waals surface area contributed by atoms with Gasteiger partial charge in [0.25, 0.3) is 0 Å². The third kappa shape index (κ3) is 8.93. The van der Waals surface area contributed by atoms with E-state index in [1.807, 2.05) is 91.0 Å². The molecule has 210 valence electrons. The molecule has 4 aromatic rings. The van der Waals surface area contributed by atoms with E-state index < -0.39 is 6.10 Å². The van der Waals surface area contributed by atoms with Gasteiger partial charge >= 0.3 is 0 Å². The Labute approximate surface area is 236 Å². The van der Waals surface area contributed by atoms with Gasteiger partial charge < -0.3 is 34.1 Å². The van der Waals surface area contributed by atoms with Crippen molar-refractivity contribution in [3.05, 3.63) is 114 Å². The van der Waals surface area contributed by atoms with E-state index in [1.54, 1.807) is 20.3 Å². The number of rotatable bonds is 16. The lowest BCUT2D eigenvalue weighted by atomic mass is 10.1. The molecule has 2 N–H and O–H groups in total. The molecule has 0 saturated carbocycles. The maximum absolute atomic E-state index is 10.5. The molecule has 7 nitrogen and oxygen atoms in total. The first kappa shape index (κ1) is 28.8. The van der Waals surface area contributed by atoms with Gasteiger partial charge in [-0.05, 0) is 53.9 Å². The van der Waals surface area contributed by atoms with Crippen LogP contribution in [0, 0.1) is 0 Å². The molecule has 0 radical (unpaired) electrons. The van der Waals surface area contributed by atoms with E-state index in [0.29, 0.717) is 55.1 Å². The molecule has 0 fully saturated rings. The van der Waals surface area contributed by atoms with Gasteiger partial charge in [0.2, 0.25) is 0 Å². The van der Waals surface area contributed by atoms with Crippen LogP contribution in [-0.2, 0) is 19.6 Å². The summed E-state index contributed by atoms with van der Waals surface area (Å²) in [6, 6.07) is 31.3. The molecule has 1 unspecified atom stereocenters. The van der Waals surface area contributed by atoms with Crippen LogP contribution in [0.2, 0.25) is 0 Å². The average Bonchev–Trinajstić information content (AvgIpc) is 3.01. The normalized spacial score (nSPS) is 11.5. The first-order chi connectivity index (χ1) is 19.6. The highest BCUT2D eigenvalue weighted by Gasteiger charge is 2.11. The number of ether oxygens (including phenoxy) is 5. The van der Waals surface area contributed by atoms with Crippen LogP contribution in [0.15, 0.2) is 97.1 Å². The number of aliphatic hydroxyl groups excluding tert-OH is 1. The van der Waals surface area contributed by atoms with E-state index in [1.165, 1.54) is 0 Å². The summed E-state index contributed by atoms with van der Waals surface area (Å²) in [4.78, 5) is 0. The van der Waals surface area contributed by atoms with Gasteiger partial charge in [0.05, 0.1) is 14.2 Å². The average molecular weight is 544 g/mol. The van der Waals surface area contributed by atoms with Gasteiger partial charge in [0.1, 0.15) is 31.7 Å². The monoisotopic (exact) mass is 543 g/mol. The van der Waals surface area contributed by atoms with Crippen LogP contribution in [0.4, 0.5) is 0 Å². The first-order valence-electron chi connectivity index (χ1n) is 13.3. The molecule has 0 aliphatic heterocycles. The van der Waals surface area contributed by atoms with Crippen molar-refractivity contribution in [1.29, 1.82) is 0 Å². The minimum atomic E-state index is -0.673. The number of methoxy groups -OCH3 is 2. The highest BCUT2D eigenvalue weighted by Crippen LogP contribution is 2.33. The molecule has 4 aromatic carbocycles. The lowest BCUT2D eigenvalue weighted by molar-refractivity contribution is 0.106. The Morgan fingerprint density at radius 3 is 1.90 bits per heavy atom. The van der Waals surface area contributed by atoms with Crippen molar-refractivity contribution in [2.75, 3.05) is 33.9 Å². The van der Waals surface area contributed by atoms with E-state index >= 15 is 0 Å². The van der Waals surface area contributed by atoms with Crippen LogP contribution in [0.5, 0.6) is 28.7 Å². The molecule has 0 spiro atoms. The maximum atomic E-state index is 10.5. The zero-order valence-electron chi connectivity index (χ0n) is 23.0. The van der Waals surface area contributed by atoms with E-state index in [2.05, 4.69) is 5.32 Å². The number of aliphatic hydroxyl groups is 1. The standard InChI is InChI=1S/C33H37NO6/c1-36-30-15-13-25(19-32(30)37-2)17-18-34-21-28(35)24-38-29-14-16-31(39-22-26-9-5-3-6-10-26)33(20-29)40-23-27-11-7-4-8-12-27/h3-16,19-20,28,34-35H,17-18,21-24H2,1-2H3. The smallest absolute Gasteiger partial charge is 0.165 e. The molecule has 0 aliphatic carbocycles. The fourth-order valence-electron chi connectivity index (χ4n) is 4.07. The van der Waals surface area contributed by atoms with E-state index in [0.717, 1.165) is 23.1 Å². The van der Waals surface area contributed by atoms with Crippen molar-refractivity contribution in [3.63, 3.8) is 0 Å². The first-order valence-corrected chi connectivity index (χ1v) is 13.3. The Morgan fingerprint density at radius 1 is 0.625 bits per heavy atom. The predicted molar refractivity (Wildman–Crippen MR) is 156 cm³/mol. The molecule has 7 heteroatoms. The summed E-state index contributed by atoms with van der Waals surface area (Å²) >= 11 is 0. The molecule has 0 heterocycles. The van der Waals surface area contributed by atoms with Gasteiger partial charge in [-0.3, -0.25) is 0 Å². The molecule has 0 saturated heterocycles. The summed E-state index contributed by atoms with van der Waals surface area (Å²) in [6.07, 6.45) is 0.119. The summed E-state index contributed by atoms with van der Waals surface area (Å²) in [5, 5.41) is 13.7. The van der Waals surface area contributed by atoms with Crippen molar-refractivity contribution < 1.29 is 28.8 Å². The number of nitrogens with one attached hydrogen (secondary N) is 1. The van der Waals surface area contributed by atoms with E-state index in [4.69, 9.17) is 23.7 Å². The Bertz CT molecular complexity index is 1300. The number of hydrogen-bond acceptors (Lipinski definition) is 7. The molecule has 0 amide bonds. The zero-order chi connectivity index (χ0) is 28.0. The van der Waals surface area contributed by atoms with Crippen LogP contribution in [0.1, 0.15) is 16.7 Å². The molecule has 4 rings (SSSR count). The topological polar surface area (TPSA) is 78.4 Å². The van der Waals surface area contributed by atoms with Crippen molar-refractivity contribution in [2.45, 2.75) is 25.7 Å². The van der Waals surface area contributed by atoms with Crippen LogP contribution >= 0.6 is 0 Å². The predicted octanol–water partition coefficient (Wildman–Crippen LogP) is 5.43. The molecular weight excluding hydrogens is 506 g/mol. The van der Waals surface area contributed by atoms with Crippen molar-refractivity contribution in [3.8, 4) is 28.7 Å². The Kier molecular flexibility index (Phi) is 11.1. The Balaban J connectivity index is 1.28. The summed E-state index contributed by atoms with van der Waals surface area (Å²) in [6.45, 7) is 2.08. The summed E-state index contributed by atoms with van der Waals surface area (Å²) in [5.74, 6) is 3.22. The van der Waals surface area contributed by atoms with Gasteiger partial charge in [-0.15, -0.1) is 0 Å². The minimum Gasteiger partial charge on any atom is -0.493 e. The van der Waals surface area contributed by atoms with Crippen LogP contribution in [0.25, 0.3) is 0 Å². The van der Waals surface area contributed by atoms with Gasteiger partial charge in [-0.2, -0.15) is 0 Å². The van der Waals surface area contributed by atoms with Crippen molar-refractivity contribution >= 4 is 0 Å². The zero-order valence-corrected chi connectivity index (χ0v) is 23.0. The second kappa shape index (κ2) is 15.4. The summed E-state index contributed by atoms with van der Waals surface area (Å²) in [5.41, 5.74) is 3.24. The molecule has 40 heavy (non-hydrogen) atoms. The molecular formula is C33H37NO6. The lowest BCUT2D eigenvalue weighted by Gasteiger charge is -2.17. The van der Waals surface area contributed by atoms with Gasteiger partial charge in [-0.1, -0.05) is 66.7 Å². The quantitative estimate of drug-likeness (QED) is 0.182.